The van der Waals surface area contributed by atoms with Crippen LogP contribution in [0.2, 0.25) is 0 Å². The van der Waals surface area contributed by atoms with Crippen LogP contribution in [0.3, 0.4) is 0 Å². The molecule has 106 valence electrons. The summed E-state index contributed by atoms with van der Waals surface area (Å²) in [4.78, 5) is 0. The van der Waals surface area contributed by atoms with Gasteiger partial charge in [-0.2, -0.15) is 0 Å². The van der Waals surface area contributed by atoms with E-state index in [-0.39, 0.29) is 5.54 Å². The number of hydrogen-bond acceptors (Lipinski definition) is 3. The van der Waals surface area contributed by atoms with E-state index in [4.69, 9.17) is 10.5 Å². The van der Waals surface area contributed by atoms with E-state index in [1.54, 1.807) is 7.11 Å². The Hall–Kier alpha value is -0.900. The third-order valence-electron chi connectivity index (χ3n) is 4.41. The van der Waals surface area contributed by atoms with Crippen molar-refractivity contribution < 1.29 is 4.74 Å². The van der Waals surface area contributed by atoms with Crippen LogP contribution < -0.4 is 11.1 Å². The molecule has 0 bridgehead atoms. The minimum Gasteiger partial charge on any atom is -0.383 e. The average molecular weight is 262 g/mol. The lowest BCUT2D eigenvalue weighted by atomic mass is 9.74. The van der Waals surface area contributed by atoms with Crippen LogP contribution >= 0.6 is 0 Å². The highest BCUT2D eigenvalue weighted by Gasteiger charge is 2.33. The zero-order valence-corrected chi connectivity index (χ0v) is 11.9. The van der Waals surface area contributed by atoms with Crippen LogP contribution in [0.4, 0.5) is 0 Å². The maximum Gasteiger partial charge on any atom is 0.0587 e. The van der Waals surface area contributed by atoms with Crippen molar-refractivity contribution in [1.82, 2.24) is 5.32 Å². The van der Waals surface area contributed by atoms with E-state index in [0.29, 0.717) is 5.92 Å². The smallest absolute Gasteiger partial charge is 0.0587 e. The number of methoxy groups -OCH3 is 1. The monoisotopic (exact) mass is 262 g/mol. The van der Waals surface area contributed by atoms with Crippen LogP contribution in [0, 0.1) is 0 Å². The van der Waals surface area contributed by atoms with Crippen LogP contribution in [-0.4, -0.2) is 32.3 Å². The second-order valence-corrected chi connectivity index (χ2v) is 5.59. The van der Waals surface area contributed by atoms with Gasteiger partial charge in [0.05, 0.1) is 6.61 Å². The topological polar surface area (TPSA) is 47.3 Å². The highest BCUT2D eigenvalue weighted by atomic mass is 16.5. The van der Waals surface area contributed by atoms with E-state index in [1.807, 2.05) is 0 Å². The van der Waals surface area contributed by atoms with Gasteiger partial charge < -0.3 is 15.8 Å². The number of nitrogens with two attached hydrogens (primary N) is 1. The molecule has 1 aromatic carbocycles. The fraction of sp³-hybridized carbons (Fsp3) is 0.625. The predicted molar refractivity (Wildman–Crippen MR) is 79.3 cm³/mol. The number of nitrogens with one attached hydrogen (secondary N) is 1. The third kappa shape index (κ3) is 3.78. The molecule has 1 aromatic rings. The van der Waals surface area contributed by atoms with E-state index in [2.05, 4.69) is 35.6 Å². The first-order valence-electron chi connectivity index (χ1n) is 7.29. The second-order valence-electron chi connectivity index (χ2n) is 5.59. The summed E-state index contributed by atoms with van der Waals surface area (Å²) in [5, 5.41) is 3.61. The Labute approximate surface area is 116 Å². The Kier molecular flexibility index (Phi) is 5.37. The Morgan fingerprint density at radius 2 is 1.95 bits per heavy atom. The standard InChI is InChI=1S/C16H26N2O/c1-19-12-11-18-16(13-17)9-7-15(8-10-16)14-5-3-2-4-6-14/h2-6,15,18H,7-13,17H2,1H3. The molecule has 0 radical (unpaired) electrons. The molecule has 1 aliphatic carbocycles. The summed E-state index contributed by atoms with van der Waals surface area (Å²) < 4.78 is 5.11. The Morgan fingerprint density at radius 3 is 2.53 bits per heavy atom. The van der Waals surface area contributed by atoms with Gasteiger partial charge in [-0.1, -0.05) is 30.3 Å². The maximum absolute atomic E-state index is 6.00. The van der Waals surface area contributed by atoms with Crippen molar-refractivity contribution in [2.75, 3.05) is 26.8 Å². The first-order valence-corrected chi connectivity index (χ1v) is 7.29. The summed E-state index contributed by atoms with van der Waals surface area (Å²) in [7, 11) is 1.74. The van der Waals surface area contributed by atoms with Gasteiger partial charge in [0.25, 0.3) is 0 Å². The quantitative estimate of drug-likeness (QED) is 0.773. The van der Waals surface area contributed by atoms with Crippen LogP contribution in [0.15, 0.2) is 30.3 Å². The van der Waals surface area contributed by atoms with Crippen molar-refractivity contribution in [3.63, 3.8) is 0 Å². The predicted octanol–water partition coefficient (Wildman–Crippen LogP) is 2.28. The summed E-state index contributed by atoms with van der Waals surface area (Å²) in [6.07, 6.45) is 4.77. The lowest BCUT2D eigenvalue weighted by Crippen LogP contribution is -2.54. The fourth-order valence-corrected chi connectivity index (χ4v) is 3.10. The Bertz CT molecular complexity index is 358. The molecule has 19 heavy (non-hydrogen) atoms. The normalized spacial score (nSPS) is 27.4. The van der Waals surface area contributed by atoms with Gasteiger partial charge in [-0.3, -0.25) is 0 Å². The number of rotatable bonds is 6. The van der Waals surface area contributed by atoms with Gasteiger partial charge in [-0.25, -0.2) is 0 Å². The van der Waals surface area contributed by atoms with E-state index in [9.17, 15) is 0 Å². The lowest BCUT2D eigenvalue weighted by molar-refractivity contribution is 0.165. The minimum atomic E-state index is 0.129. The summed E-state index contributed by atoms with van der Waals surface area (Å²) in [5.74, 6) is 0.699. The van der Waals surface area contributed by atoms with Crippen LogP contribution in [0.25, 0.3) is 0 Å². The first-order chi connectivity index (χ1) is 9.29. The Balaban J connectivity index is 1.89. The van der Waals surface area contributed by atoms with Gasteiger partial charge in [0.2, 0.25) is 0 Å². The second kappa shape index (κ2) is 7.04. The molecular weight excluding hydrogens is 236 g/mol. The summed E-state index contributed by atoms with van der Waals surface area (Å²) >= 11 is 0. The fourth-order valence-electron chi connectivity index (χ4n) is 3.10. The molecule has 3 heteroatoms. The van der Waals surface area contributed by atoms with Gasteiger partial charge >= 0.3 is 0 Å². The molecule has 0 spiro atoms. The highest BCUT2D eigenvalue weighted by molar-refractivity contribution is 5.20. The molecule has 3 N–H and O–H groups in total. The van der Waals surface area contributed by atoms with Crippen LogP contribution in [0.1, 0.15) is 37.2 Å². The van der Waals surface area contributed by atoms with Crippen molar-refractivity contribution in [3.05, 3.63) is 35.9 Å². The van der Waals surface area contributed by atoms with Crippen molar-refractivity contribution >= 4 is 0 Å². The highest BCUT2D eigenvalue weighted by Crippen LogP contribution is 2.37. The number of ether oxygens (including phenoxy) is 1. The largest absolute Gasteiger partial charge is 0.383 e. The van der Waals surface area contributed by atoms with Gasteiger partial charge in [0, 0.05) is 25.7 Å². The molecule has 0 atom stereocenters. The molecule has 1 aliphatic rings. The zero-order valence-electron chi connectivity index (χ0n) is 11.9. The van der Waals surface area contributed by atoms with Crippen LogP contribution in [0.5, 0.6) is 0 Å². The molecule has 1 saturated carbocycles. The van der Waals surface area contributed by atoms with E-state index < -0.39 is 0 Å². The van der Waals surface area contributed by atoms with Crippen LogP contribution in [-0.2, 0) is 4.74 Å². The van der Waals surface area contributed by atoms with E-state index >= 15 is 0 Å². The molecule has 0 unspecified atom stereocenters. The molecule has 0 amide bonds. The van der Waals surface area contributed by atoms with Gasteiger partial charge in [0.1, 0.15) is 0 Å². The molecule has 2 rings (SSSR count). The third-order valence-corrected chi connectivity index (χ3v) is 4.41. The molecular formula is C16H26N2O. The van der Waals surface area contributed by atoms with Crippen molar-refractivity contribution in [2.24, 2.45) is 5.73 Å². The van der Waals surface area contributed by atoms with Crippen molar-refractivity contribution in [2.45, 2.75) is 37.1 Å². The first kappa shape index (κ1) is 14.5. The molecule has 0 aromatic heterocycles. The SMILES string of the molecule is COCCNC1(CN)CCC(c2ccccc2)CC1. The molecule has 1 fully saturated rings. The Morgan fingerprint density at radius 1 is 1.26 bits per heavy atom. The number of hydrogen-bond donors (Lipinski definition) is 2. The summed E-state index contributed by atoms with van der Waals surface area (Å²) in [6.45, 7) is 2.37. The summed E-state index contributed by atoms with van der Waals surface area (Å²) in [5.41, 5.74) is 7.61. The average Bonchev–Trinajstić information content (AvgIpc) is 2.49. The number of benzene rings is 1. The molecule has 0 saturated heterocycles. The molecule has 0 heterocycles. The van der Waals surface area contributed by atoms with Gasteiger partial charge in [-0.05, 0) is 37.2 Å². The minimum absolute atomic E-state index is 0.129. The molecule has 0 aliphatic heterocycles. The van der Waals surface area contributed by atoms with Gasteiger partial charge in [-0.15, -0.1) is 0 Å². The van der Waals surface area contributed by atoms with Crippen molar-refractivity contribution in [1.29, 1.82) is 0 Å². The van der Waals surface area contributed by atoms with Crippen molar-refractivity contribution in [3.8, 4) is 0 Å². The zero-order chi connectivity index (χ0) is 13.6. The summed E-state index contributed by atoms with van der Waals surface area (Å²) in [6, 6.07) is 10.9. The molecule has 3 nitrogen and oxygen atoms in total. The van der Waals surface area contributed by atoms with E-state index in [1.165, 1.54) is 18.4 Å². The lowest BCUT2D eigenvalue weighted by Gasteiger charge is -2.40. The maximum atomic E-state index is 6.00. The van der Waals surface area contributed by atoms with Gasteiger partial charge in [0.15, 0.2) is 0 Å². The van der Waals surface area contributed by atoms with E-state index in [0.717, 1.165) is 32.5 Å².